The first kappa shape index (κ1) is 14.2. The second kappa shape index (κ2) is 4.62. The molecule has 2 heterocycles. The van der Waals surface area contributed by atoms with Gasteiger partial charge in [0.05, 0.1) is 17.5 Å². The van der Waals surface area contributed by atoms with Crippen molar-refractivity contribution in [1.82, 2.24) is 15.2 Å². The van der Waals surface area contributed by atoms with Crippen LogP contribution in [-0.2, 0) is 6.18 Å². The van der Waals surface area contributed by atoms with Crippen molar-refractivity contribution in [3.63, 3.8) is 0 Å². The fourth-order valence-electron chi connectivity index (χ4n) is 2.46. The maximum Gasteiger partial charge on any atom is 0.416 e. The number of carboxylic acid groups (broad SMARTS) is 1. The van der Waals surface area contributed by atoms with Gasteiger partial charge in [-0.25, -0.2) is 4.79 Å². The molecular formula is C14H10F3N3O2. The maximum absolute atomic E-state index is 12.9. The van der Waals surface area contributed by atoms with Gasteiger partial charge in [0.2, 0.25) is 0 Å². The lowest BCUT2D eigenvalue weighted by molar-refractivity contribution is -0.137. The first-order valence-electron chi connectivity index (χ1n) is 6.25. The number of halogens is 3. The molecule has 0 fully saturated rings. The summed E-state index contributed by atoms with van der Waals surface area (Å²) in [5.74, 6) is -1.20. The standard InChI is InChI=1S/C14H10F3N3O2/c1-6-11(12-9(13(21)22)5-18-20-12)8-4-7(14(15,16)17)2-3-10(8)19-6/h2-5,19H,1H3,(H,18,20)(H,21,22). The van der Waals surface area contributed by atoms with Crippen LogP contribution in [0.3, 0.4) is 0 Å². The second-order valence-corrected chi connectivity index (χ2v) is 4.85. The molecule has 8 heteroatoms. The summed E-state index contributed by atoms with van der Waals surface area (Å²) in [5, 5.41) is 15.7. The summed E-state index contributed by atoms with van der Waals surface area (Å²) in [4.78, 5) is 14.2. The van der Waals surface area contributed by atoms with Crippen LogP contribution in [-0.4, -0.2) is 26.3 Å². The second-order valence-electron chi connectivity index (χ2n) is 4.85. The van der Waals surface area contributed by atoms with E-state index in [2.05, 4.69) is 15.2 Å². The van der Waals surface area contributed by atoms with Crippen molar-refractivity contribution in [1.29, 1.82) is 0 Å². The largest absolute Gasteiger partial charge is 0.478 e. The summed E-state index contributed by atoms with van der Waals surface area (Å²) >= 11 is 0. The zero-order valence-corrected chi connectivity index (χ0v) is 11.2. The van der Waals surface area contributed by atoms with Gasteiger partial charge in [0, 0.05) is 22.2 Å². The molecule has 5 nitrogen and oxygen atoms in total. The molecule has 0 saturated heterocycles. The first-order valence-corrected chi connectivity index (χ1v) is 6.25. The molecule has 0 radical (unpaired) electrons. The summed E-state index contributed by atoms with van der Waals surface area (Å²) in [6.07, 6.45) is -3.34. The van der Waals surface area contributed by atoms with Crippen LogP contribution in [0, 0.1) is 6.92 Å². The zero-order chi connectivity index (χ0) is 16.1. The fraction of sp³-hybridized carbons (Fsp3) is 0.143. The lowest BCUT2D eigenvalue weighted by atomic mass is 10.0. The number of carboxylic acids is 1. The van der Waals surface area contributed by atoms with E-state index >= 15 is 0 Å². The predicted octanol–water partition coefficient (Wildman–Crippen LogP) is 3.58. The van der Waals surface area contributed by atoms with Crippen LogP contribution in [0.5, 0.6) is 0 Å². The van der Waals surface area contributed by atoms with Gasteiger partial charge in [0.1, 0.15) is 5.56 Å². The van der Waals surface area contributed by atoms with Crippen LogP contribution in [0.2, 0.25) is 0 Å². The van der Waals surface area contributed by atoms with Crippen LogP contribution in [0.4, 0.5) is 13.2 Å². The number of alkyl halides is 3. The highest BCUT2D eigenvalue weighted by Gasteiger charge is 2.31. The summed E-state index contributed by atoms with van der Waals surface area (Å²) in [5.41, 5.74) is 0.706. The number of nitrogens with one attached hydrogen (secondary N) is 2. The van der Waals surface area contributed by atoms with Crippen LogP contribution < -0.4 is 0 Å². The number of aromatic carboxylic acids is 1. The maximum atomic E-state index is 12.9. The number of rotatable bonds is 2. The molecule has 0 unspecified atom stereocenters. The average Bonchev–Trinajstić information content (AvgIpc) is 2.99. The highest BCUT2D eigenvalue weighted by atomic mass is 19.4. The Morgan fingerprint density at radius 2 is 2.05 bits per heavy atom. The van der Waals surface area contributed by atoms with E-state index in [0.717, 1.165) is 18.3 Å². The molecule has 0 aliphatic carbocycles. The molecule has 0 bridgehead atoms. The number of benzene rings is 1. The van der Waals surface area contributed by atoms with Gasteiger partial charge in [-0.2, -0.15) is 18.3 Å². The summed E-state index contributed by atoms with van der Waals surface area (Å²) in [7, 11) is 0. The number of aryl methyl sites for hydroxylation is 1. The van der Waals surface area contributed by atoms with E-state index in [1.165, 1.54) is 6.07 Å². The summed E-state index contributed by atoms with van der Waals surface area (Å²) in [6, 6.07) is 3.30. The van der Waals surface area contributed by atoms with Crippen LogP contribution in [0.25, 0.3) is 22.2 Å². The molecule has 3 rings (SSSR count). The highest BCUT2D eigenvalue weighted by molar-refractivity contribution is 6.03. The number of H-pyrrole nitrogens is 2. The van der Waals surface area contributed by atoms with Gasteiger partial charge in [-0.15, -0.1) is 0 Å². The molecule has 3 aromatic rings. The molecule has 0 saturated carbocycles. The number of hydrogen-bond donors (Lipinski definition) is 3. The Bertz CT molecular complexity index is 877. The van der Waals surface area contributed by atoms with E-state index in [9.17, 15) is 18.0 Å². The minimum Gasteiger partial charge on any atom is -0.478 e. The SMILES string of the molecule is Cc1[nH]c2ccc(C(F)(F)F)cc2c1-c1[nH]ncc1C(=O)O. The van der Waals surface area contributed by atoms with Gasteiger partial charge in [-0.05, 0) is 25.1 Å². The van der Waals surface area contributed by atoms with Gasteiger partial charge < -0.3 is 10.1 Å². The van der Waals surface area contributed by atoms with E-state index < -0.39 is 17.7 Å². The Morgan fingerprint density at radius 3 is 2.68 bits per heavy atom. The van der Waals surface area contributed by atoms with Crippen LogP contribution in [0.15, 0.2) is 24.4 Å². The van der Waals surface area contributed by atoms with Gasteiger partial charge in [0.25, 0.3) is 0 Å². The number of hydrogen-bond acceptors (Lipinski definition) is 2. The average molecular weight is 309 g/mol. The molecule has 0 aliphatic rings. The van der Waals surface area contributed by atoms with Gasteiger partial charge in [-0.3, -0.25) is 5.10 Å². The Kier molecular flexibility index (Phi) is 2.98. The van der Waals surface area contributed by atoms with E-state index in [1.54, 1.807) is 6.92 Å². The number of aromatic amines is 2. The smallest absolute Gasteiger partial charge is 0.416 e. The number of fused-ring (bicyclic) bond motifs is 1. The number of nitrogens with zero attached hydrogens (tertiary/aromatic N) is 1. The molecule has 114 valence electrons. The van der Waals surface area contributed by atoms with E-state index in [4.69, 9.17) is 5.11 Å². The third-order valence-electron chi connectivity index (χ3n) is 3.43. The number of carbonyl (C=O) groups is 1. The minimum absolute atomic E-state index is 0.0959. The fourth-order valence-corrected chi connectivity index (χ4v) is 2.46. The van der Waals surface area contributed by atoms with Crippen molar-refractivity contribution in [2.24, 2.45) is 0 Å². The highest BCUT2D eigenvalue weighted by Crippen LogP contribution is 2.37. The van der Waals surface area contributed by atoms with Gasteiger partial charge in [-0.1, -0.05) is 0 Å². The minimum atomic E-state index is -4.47. The molecule has 22 heavy (non-hydrogen) atoms. The lowest BCUT2D eigenvalue weighted by Gasteiger charge is -2.07. The third kappa shape index (κ3) is 2.12. The molecule has 0 aliphatic heterocycles. The lowest BCUT2D eigenvalue weighted by Crippen LogP contribution is -2.04. The first-order chi connectivity index (χ1) is 10.3. The normalized spacial score (nSPS) is 12.0. The molecule has 0 amide bonds. The van der Waals surface area contributed by atoms with Crippen LogP contribution >= 0.6 is 0 Å². The van der Waals surface area contributed by atoms with Crippen molar-refractivity contribution in [2.45, 2.75) is 13.1 Å². The molecule has 0 spiro atoms. The van der Waals surface area contributed by atoms with Crippen molar-refractivity contribution in [3.05, 3.63) is 41.2 Å². The third-order valence-corrected chi connectivity index (χ3v) is 3.43. The molecule has 2 aromatic heterocycles. The van der Waals surface area contributed by atoms with Crippen molar-refractivity contribution >= 4 is 16.9 Å². The van der Waals surface area contributed by atoms with Crippen molar-refractivity contribution in [2.75, 3.05) is 0 Å². The molecule has 0 atom stereocenters. The molecule has 3 N–H and O–H groups in total. The summed E-state index contributed by atoms with van der Waals surface area (Å²) < 4.78 is 38.6. The quantitative estimate of drug-likeness (QED) is 0.676. The van der Waals surface area contributed by atoms with Crippen LogP contribution in [0.1, 0.15) is 21.6 Å². The predicted molar refractivity (Wildman–Crippen MR) is 72.6 cm³/mol. The zero-order valence-electron chi connectivity index (χ0n) is 11.2. The Balaban J connectivity index is 2.31. The van der Waals surface area contributed by atoms with E-state index in [1.807, 2.05) is 0 Å². The molecule has 1 aromatic carbocycles. The van der Waals surface area contributed by atoms with Crippen molar-refractivity contribution < 1.29 is 23.1 Å². The number of aromatic nitrogens is 3. The monoisotopic (exact) mass is 309 g/mol. The Morgan fingerprint density at radius 1 is 1.32 bits per heavy atom. The Labute approximate surface area is 121 Å². The van der Waals surface area contributed by atoms with Crippen molar-refractivity contribution in [3.8, 4) is 11.3 Å². The van der Waals surface area contributed by atoms with Gasteiger partial charge >= 0.3 is 12.1 Å². The van der Waals surface area contributed by atoms with Gasteiger partial charge in [0.15, 0.2) is 0 Å². The van der Waals surface area contributed by atoms with E-state index in [-0.39, 0.29) is 11.3 Å². The van der Waals surface area contributed by atoms with E-state index in [0.29, 0.717) is 22.2 Å². The summed E-state index contributed by atoms with van der Waals surface area (Å²) in [6.45, 7) is 1.66. The Hall–Kier alpha value is -2.77. The molecular weight excluding hydrogens is 299 g/mol. The topological polar surface area (TPSA) is 81.8 Å².